The molecule has 0 atom stereocenters. The molecule has 7 heteroatoms. The van der Waals surface area contributed by atoms with E-state index in [-0.39, 0.29) is 18.3 Å². The Morgan fingerprint density at radius 1 is 0.971 bits per heavy atom. The third kappa shape index (κ3) is 7.91. The Hall–Kier alpha value is -2.70. The Balaban J connectivity index is 1.41. The first-order valence-corrected chi connectivity index (χ1v) is 12.5. The lowest BCUT2D eigenvalue weighted by molar-refractivity contribution is -0.224. The molecule has 0 aliphatic heterocycles. The van der Waals surface area contributed by atoms with E-state index in [4.69, 9.17) is 14.2 Å². The summed E-state index contributed by atoms with van der Waals surface area (Å²) >= 11 is 0. The van der Waals surface area contributed by atoms with Crippen molar-refractivity contribution in [2.45, 2.75) is 71.0 Å². The second-order valence-electron chi connectivity index (χ2n) is 9.89. The van der Waals surface area contributed by atoms with E-state index in [9.17, 15) is 18.4 Å². The maximum absolute atomic E-state index is 14.9. The topological polar surface area (TPSA) is 61.8 Å². The molecule has 2 aliphatic carbocycles. The van der Waals surface area contributed by atoms with E-state index in [1.807, 2.05) is 0 Å². The molecule has 0 saturated heterocycles. The van der Waals surface area contributed by atoms with E-state index in [0.717, 1.165) is 44.6 Å². The van der Waals surface area contributed by atoms with Gasteiger partial charge in [-0.05, 0) is 93.7 Å². The van der Waals surface area contributed by atoms with Crippen molar-refractivity contribution < 1.29 is 32.6 Å². The van der Waals surface area contributed by atoms with Crippen molar-refractivity contribution in [3.63, 3.8) is 0 Å². The fourth-order valence-electron chi connectivity index (χ4n) is 5.18. The molecule has 0 aromatic heterocycles. The van der Waals surface area contributed by atoms with Gasteiger partial charge in [-0.3, -0.25) is 0 Å². The average molecular weight is 491 g/mol. The van der Waals surface area contributed by atoms with Crippen LogP contribution in [-0.2, 0) is 25.7 Å². The Morgan fingerprint density at radius 2 is 1.54 bits per heavy atom. The lowest BCUT2D eigenvalue weighted by Crippen LogP contribution is -2.38. The van der Waals surface area contributed by atoms with E-state index in [1.165, 1.54) is 12.1 Å². The predicted octanol–water partition coefficient (Wildman–Crippen LogP) is 6.62. The molecule has 0 unspecified atom stereocenters. The van der Waals surface area contributed by atoms with Crippen LogP contribution < -0.4 is 4.74 Å². The molecule has 3 rings (SSSR count). The third-order valence-corrected chi connectivity index (χ3v) is 7.33. The van der Waals surface area contributed by atoms with Crippen LogP contribution in [-0.4, -0.2) is 24.7 Å². The highest BCUT2D eigenvalue weighted by molar-refractivity contribution is 5.86. The van der Waals surface area contributed by atoms with Gasteiger partial charge in [-0.2, -0.15) is 8.78 Å². The lowest BCUT2D eigenvalue weighted by Gasteiger charge is -2.39. The van der Waals surface area contributed by atoms with Gasteiger partial charge in [-0.15, -0.1) is 0 Å². The van der Waals surface area contributed by atoms with Crippen LogP contribution in [0, 0.1) is 23.7 Å². The van der Waals surface area contributed by atoms with Gasteiger partial charge in [-0.1, -0.05) is 25.3 Å². The molecule has 0 bridgehead atoms. The van der Waals surface area contributed by atoms with Crippen LogP contribution in [0.1, 0.15) is 63.9 Å². The van der Waals surface area contributed by atoms with Crippen LogP contribution >= 0.6 is 0 Å². The SMILES string of the molecule is C=CC(=O)OCc1ccc(OC(F)(F)C2CCC(C3CCC(COC(=O)C(=C)C)CC3)CC2)cc1. The summed E-state index contributed by atoms with van der Waals surface area (Å²) in [4.78, 5) is 22.7. The molecule has 1 aromatic carbocycles. The fourth-order valence-corrected chi connectivity index (χ4v) is 5.18. The fraction of sp³-hybridized carbons (Fsp3) is 0.571. The number of ether oxygens (including phenoxy) is 3. The molecule has 35 heavy (non-hydrogen) atoms. The maximum Gasteiger partial charge on any atom is 0.400 e. The monoisotopic (exact) mass is 490 g/mol. The summed E-state index contributed by atoms with van der Waals surface area (Å²) in [6, 6.07) is 6.16. The van der Waals surface area contributed by atoms with E-state index in [0.29, 0.717) is 48.3 Å². The summed E-state index contributed by atoms with van der Waals surface area (Å²) in [7, 11) is 0. The molecular formula is C28H36F2O5. The molecule has 0 spiro atoms. The molecule has 2 aliphatic rings. The zero-order valence-corrected chi connectivity index (χ0v) is 20.5. The molecule has 0 N–H and O–H groups in total. The smallest absolute Gasteiger partial charge is 0.400 e. The Bertz CT molecular complexity index is 879. The predicted molar refractivity (Wildman–Crippen MR) is 129 cm³/mol. The molecule has 2 saturated carbocycles. The normalized spacial score (nSPS) is 24.8. The zero-order chi connectivity index (χ0) is 25.4. The Kier molecular flexibility index (Phi) is 9.47. The first-order chi connectivity index (χ1) is 16.7. The van der Waals surface area contributed by atoms with E-state index in [2.05, 4.69) is 13.2 Å². The van der Waals surface area contributed by atoms with Crippen molar-refractivity contribution in [1.29, 1.82) is 0 Å². The van der Waals surface area contributed by atoms with Gasteiger partial charge in [0.15, 0.2) is 0 Å². The summed E-state index contributed by atoms with van der Waals surface area (Å²) in [6.45, 7) is 9.06. The average Bonchev–Trinajstić information content (AvgIpc) is 2.86. The number of esters is 2. The standard InChI is InChI=1S/C28H36F2O5/c1-4-26(31)33-17-21-7-15-25(16-8-21)35-28(29,30)24-13-11-23(12-14-24)22-9-5-20(6-10-22)18-34-27(32)19(2)3/h4,7-8,15-16,20,22-24H,1-2,5-6,9-14,17-18H2,3H3. The highest BCUT2D eigenvalue weighted by atomic mass is 19.3. The zero-order valence-electron chi connectivity index (χ0n) is 20.5. The largest absolute Gasteiger partial charge is 0.462 e. The van der Waals surface area contributed by atoms with Gasteiger partial charge in [0.2, 0.25) is 0 Å². The van der Waals surface area contributed by atoms with Gasteiger partial charge < -0.3 is 14.2 Å². The highest BCUT2D eigenvalue weighted by Gasteiger charge is 2.45. The van der Waals surface area contributed by atoms with Gasteiger partial charge in [0.05, 0.1) is 12.5 Å². The van der Waals surface area contributed by atoms with Gasteiger partial charge in [0.1, 0.15) is 12.4 Å². The van der Waals surface area contributed by atoms with Crippen LogP contribution in [0.2, 0.25) is 0 Å². The number of benzene rings is 1. The third-order valence-electron chi connectivity index (χ3n) is 7.33. The molecule has 0 amide bonds. The van der Waals surface area contributed by atoms with Crippen molar-refractivity contribution in [2.75, 3.05) is 6.61 Å². The minimum absolute atomic E-state index is 0.0487. The number of carbonyl (C=O) groups is 2. The molecule has 0 heterocycles. The number of hydrogen-bond donors (Lipinski definition) is 0. The first kappa shape index (κ1) is 26.9. The summed E-state index contributed by atoms with van der Waals surface area (Å²) < 4.78 is 45.1. The number of carbonyl (C=O) groups excluding carboxylic acids is 2. The first-order valence-electron chi connectivity index (χ1n) is 12.5. The van der Waals surface area contributed by atoms with Gasteiger partial charge in [0, 0.05) is 11.6 Å². The van der Waals surface area contributed by atoms with Crippen LogP contribution in [0.5, 0.6) is 5.75 Å². The number of rotatable bonds is 10. The Labute approximate surface area is 206 Å². The second kappa shape index (κ2) is 12.3. The Morgan fingerprint density at radius 3 is 2.09 bits per heavy atom. The highest BCUT2D eigenvalue weighted by Crippen LogP contribution is 2.45. The quantitative estimate of drug-likeness (QED) is 0.272. The lowest BCUT2D eigenvalue weighted by atomic mass is 9.69. The van der Waals surface area contributed by atoms with Crippen LogP contribution in [0.3, 0.4) is 0 Å². The minimum Gasteiger partial charge on any atom is -0.462 e. The molecular weight excluding hydrogens is 454 g/mol. The van der Waals surface area contributed by atoms with Crippen molar-refractivity contribution in [3.8, 4) is 5.75 Å². The maximum atomic E-state index is 14.9. The molecule has 0 radical (unpaired) electrons. The molecule has 2 fully saturated rings. The second-order valence-corrected chi connectivity index (χ2v) is 9.89. The summed E-state index contributed by atoms with van der Waals surface area (Å²) in [5.41, 5.74) is 1.10. The van der Waals surface area contributed by atoms with Gasteiger partial charge in [-0.25, -0.2) is 9.59 Å². The molecule has 192 valence electrons. The number of alkyl halides is 2. The van der Waals surface area contributed by atoms with Gasteiger partial charge in [0.25, 0.3) is 0 Å². The van der Waals surface area contributed by atoms with Crippen LogP contribution in [0.25, 0.3) is 0 Å². The van der Waals surface area contributed by atoms with E-state index in [1.54, 1.807) is 19.1 Å². The number of halogens is 2. The van der Waals surface area contributed by atoms with Gasteiger partial charge >= 0.3 is 18.0 Å². The summed E-state index contributed by atoms with van der Waals surface area (Å²) in [5.74, 6) is -0.168. The van der Waals surface area contributed by atoms with Crippen LogP contribution in [0.4, 0.5) is 8.78 Å². The van der Waals surface area contributed by atoms with Crippen LogP contribution in [0.15, 0.2) is 49.1 Å². The van der Waals surface area contributed by atoms with E-state index >= 15 is 0 Å². The summed E-state index contributed by atoms with van der Waals surface area (Å²) in [5, 5.41) is 0. The number of hydrogen-bond acceptors (Lipinski definition) is 5. The van der Waals surface area contributed by atoms with Crippen molar-refractivity contribution in [3.05, 3.63) is 54.6 Å². The minimum atomic E-state index is -3.23. The van der Waals surface area contributed by atoms with E-state index < -0.39 is 18.0 Å². The molecule has 1 aromatic rings. The van der Waals surface area contributed by atoms with Crippen molar-refractivity contribution >= 4 is 11.9 Å². The van der Waals surface area contributed by atoms with Crippen molar-refractivity contribution in [1.82, 2.24) is 0 Å². The van der Waals surface area contributed by atoms with Crippen molar-refractivity contribution in [2.24, 2.45) is 23.7 Å². The summed E-state index contributed by atoms with van der Waals surface area (Å²) in [6.07, 6.45) is 4.46. The molecule has 5 nitrogen and oxygen atoms in total.